The van der Waals surface area contributed by atoms with Gasteiger partial charge in [0.2, 0.25) is 0 Å². The van der Waals surface area contributed by atoms with Crippen LogP contribution in [-0.4, -0.2) is 42.8 Å². The summed E-state index contributed by atoms with van der Waals surface area (Å²) in [6.07, 6.45) is -0.911. The van der Waals surface area contributed by atoms with Crippen LogP contribution in [0, 0.1) is 0 Å². The Labute approximate surface area is 145 Å². The first-order valence-corrected chi connectivity index (χ1v) is 7.66. The van der Waals surface area contributed by atoms with Gasteiger partial charge in [0.25, 0.3) is 6.29 Å². The Bertz CT molecular complexity index is 714. The minimum Gasteiger partial charge on any atom is -0.504 e. The average molecular weight is 348 g/mol. The molecule has 2 rings (SSSR count). The number of methoxy groups -OCH3 is 1. The lowest BCUT2D eigenvalue weighted by Gasteiger charge is -2.22. The highest BCUT2D eigenvalue weighted by Crippen LogP contribution is 2.32. The summed E-state index contributed by atoms with van der Waals surface area (Å²) in [4.78, 5) is 11.1. The van der Waals surface area contributed by atoms with Gasteiger partial charge in [-0.2, -0.15) is 0 Å². The molecule has 134 valence electrons. The van der Waals surface area contributed by atoms with Crippen LogP contribution in [0.2, 0.25) is 0 Å². The molecule has 7 nitrogen and oxygen atoms in total. The fourth-order valence-corrected chi connectivity index (χ4v) is 2.10. The van der Waals surface area contributed by atoms with Gasteiger partial charge in [-0.15, -0.1) is 0 Å². The van der Waals surface area contributed by atoms with Gasteiger partial charge < -0.3 is 29.2 Å². The zero-order valence-electron chi connectivity index (χ0n) is 14.0. The van der Waals surface area contributed by atoms with Crippen molar-refractivity contribution in [2.24, 2.45) is 0 Å². The highest BCUT2D eigenvalue weighted by Gasteiger charge is 2.20. The molecule has 2 aromatic carbocycles. The number of hydrogen-bond acceptors (Lipinski definition) is 6. The second kappa shape index (κ2) is 8.79. The molecule has 0 aromatic heterocycles. The maximum Gasteiger partial charge on any atom is 0.339 e. The third-order valence-corrected chi connectivity index (χ3v) is 3.27. The highest BCUT2D eigenvalue weighted by atomic mass is 16.7. The monoisotopic (exact) mass is 348 g/mol. The summed E-state index contributed by atoms with van der Waals surface area (Å²) in [5.41, 5.74) is -0.259. The number of phenols is 1. The van der Waals surface area contributed by atoms with E-state index in [9.17, 15) is 9.90 Å². The van der Waals surface area contributed by atoms with Crippen molar-refractivity contribution in [3.05, 3.63) is 48.0 Å². The number of carbonyl (C=O) groups is 1. The lowest BCUT2D eigenvalue weighted by atomic mass is 10.2. The van der Waals surface area contributed by atoms with Crippen LogP contribution in [0.1, 0.15) is 17.3 Å². The molecular weight excluding hydrogens is 328 g/mol. The minimum atomic E-state index is -1.25. The van der Waals surface area contributed by atoms with E-state index in [1.807, 2.05) is 6.92 Å². The molecule has 2 aromatic rings. The second-order valence-corrected chi connectivity index (χ2v) is 4.93. The van der Waals surface area contributed by atoms with Gasteiger partial charge in [0.15, 0.2) is 23.0 Å². The molecule has 0 fully saturated rings. The number of benzene rings is 2. The molecule has 25 heavy (non-hydrogen) atoms. The Morgan fingerprint density at radius 2 is 1.68 bits per heavy atom. The molecule has 1 unspecified atom stereocenters. The molecule has 0 heterocycles. The largest absolute Gasteiger partial charge is 0.504 e. The van der Waals surface area contributed by atoms with Crippen LogP contribution < -0.4 is 14.2 Å². The second-order valence-electron chi connectivity index (χ2n) is 4.93. The quantitative estimate of drug-likeness (QED) is 0.673. The van der Waals surface area contributed by atoms with Gasteiger partial charge >= 0.3 is 5.97 Å². The molecule has 0 saturated heterocycles. The fourth-order valence-electron chi connectivity index (χ4n) is 2.10. The van der Waals surface area contributed by atoms with Crippen LogP contribution in [0.3, 0.4) is 0 Å². The first kappa shape index (κ1) is 18.4. The van der Waals surface area contributed by atoms with Gasteiger partial charge in [0, 0.05) is 6.61 Å². The summed E-state index contributed by atoms with van der Waals surface area (Å²) in [6, 6.07) is 11.2. The Hall–Kier alpha value is -2.93. The molecule has 1 atom stereocenters. The lowest BCUT2D eigenvalue weighted by molar-refractivity contribution is -0.0594. The molecule has 0 saturated carbocycles. The van der Waals surface area contributed by atoms with E-state index in [2.05, 4.69) is 0 Å². The zero-order chi connectivity index (χ0) is 18.2. The number of aromatic carboxylic acids is 1. The summed E-state index contributed by atoms with van der Waals surface area (Å²) in [5.74, 6) is -0.797. The Kier molecular flexibility index (Phi) is 6.47. The fraction of sp³-hybridized carbons (Fsp3) is 0.278. The van der Waals surface area contributed by atoms with Gasteiger partial charge in [-0.1, -0.05) is 18.2 Å². The Morgan fingerprint density at radius 3 is 2.32 bits per heavy atom. The van der Waals surface area contributed by atoms with E-state index in [1.54, 1.807) is 24.3 Å². The average Bonchev–Trinajstić information content (AvgIpc) is 2.61. The first-order chi connectivity index (χ1) is 12.1. The van der Waals surface area contributed by atoms with E-state index in [0.29, 0.717) is 18.1 Å². The van der Waals surface area contributed by atoms with Crippen LogP contribution in [0.15, 0.2) is 42.5 Å². The van der Waals surface area contributed by atoms with Crippen molar-refractivity contribution < 1.29 is 34.0 Å². The van der Waals surface area contributed by atoms with E-state index >= 15 is 0 Å². The van der Waals surface area contributed by atoms with Gasteiger partial charge in [-0.25, -0.2) is 4.79 Å². The van der Waals surface area contributed by atoms with Crippen molar-refractivity contribution in [1.82, 2.24) is 0 Å². The van der Waals surface area contributed by atoms with E-state index < -0.39 is 18.0 Å². The predicted octanol–water partition coefficient (Wildman–Crippen LogP) is 2.92. The molecule has 0 aliphatic carbocycles. The molecule has 0 bridgehead atoms. The number of hydrogen-bond donors (Lipinski definition) is 2. The third kappa shape index (κ3) is 4.77. The maximum atomic E-state index is 11.1. The standard InChI is InChI=1S/C18H20O7/c1-3-23-11-16(24-14-9-5-4-8-13(14)22-2)25-15-10-6-7-12(17(15)19)18(20)21/h4-10,16,19H,3,11H2,1-2H3,(H,20,21). The number of para-hydroxylation sites is 3. The number of rotatable bonds is 9. The van der Waals surface area contributed by atoms with Crippen molar-refractivity contribution in [2.45, 2.75) is 13.2 Å². The smallest absolute Gasteiger partial charge is 0.339 e. The van der Waals surface area contributed by atoms with E-state index in [0.717, 1.165) is 0 Å². The van der Waals surface area contributed by atoms with E-state index in [1.165, 1.54) is 25.3 Å². The molecule has 7 heteroatoms. The molecular formula is C18H20O7. The summed E-state index contributed by atoms with van der Waals surface area (Å²) >= 11 is 0. The zero-order valence-corrected chi connectivity index (χ0v) is 14.0. The molecule has 0 radical (unpaired) electrons. The van der Waals surface area contributed by atoms with Crippen molar-refractivity contribution in [3.63, 3.8) is 0 Å². The Morgan fingerprint density at radius 1 is 1.04 bits per heavy atom. The summed E-state index contributed by atoms with van der Waals surface area (Å²) in [5, 5.41) is 19.2. The number of ether oxygens (including phenoxy) is 4. The van der Waals surface area contributed by atoms with Gasteiger partial charge in [0.1, 0.15) is 12.2 Å². The third-order valence-electron chi connectivity index (χ3n) is 3.27. The van der Waals surface area contributed by atoms with Crippen LogP contribution >= 0.6 is 0 Å². The van der Waals surface area contributed by atoms with Gasteiger partial charge in [-0.05, 0) is 31.2 Å². The van der Waals surface area contributed by atoms with Crippen molar-refractivity contribution in [3.8, 4) is 23.0 Å². The van der Waals surface area contributed by atoms with Crippen LogP contribution in [0.4, 0.5) is 0 Å². The minimum absolute atomic E-state index is 0.0144. The molecule has 2 N–H and O–H groups in total. The van der Waals surface area contributed by atoms with Gasteiger partial charge in [0.05, 0.1) is 7.11 Å². The molecule has 0 spiro atoms. The van der Waals surface area contributed by atoms with Gasteiger partial charge in [-0.3, -0.25) is 0 Å². The van der Waals surface area contributed by atoms with Crippen molar-refractivity contribution in [1.29, 1.82) is 0 Å². The first-order valence-electron chi connectivity index (χ1n) is 7.66. The maximum absolute atomic E-state index is 11.1. The van der Waals surface area contributed by atoms with E-state index in [-0.39, 0.29) is 17.9 Å². The normalized spacial score (nSPS) is 11.6. The van der Waals surface area contributed by atoms with Crippen molar-refractivity contribution >= 4 is 5.97 Å². The van der Waals surface area contributed by atoms with Crippen LogP contribution in [-0.2, 0) is 4.74 Å². The topological polar surface area (TPSA) is 94.5 Å². The van der Waals surface area contributed by atoms with Crippen LogP contribution in [0.25, 0.3) is 0 Å². The predicted molar refractivity (Wildman–Crippen MR) is 89.6 cm³/mol. The van der Waals surface area contributed by atoms with Crippen LogP contribution in [0.5, 0.6) is 23.0 Å². The summed E-state index contributed by atoms with van der Waals surface area (Å²) in [6.45, 7) is 2.34. The Balaban J connectivity index is 2.23. The highest BCUT2D eigenvalue weighted by molar-refractivity contribution is 5.91. The number of aromatic hydroxyl groups is 1. The SMILES string of the molecule is CCOCC(Oc1ccccc1OC)Oc1cccc(C(=O)O)c1O. The lowest BCUT2D eigenvalue weighted by Crippen LogP contribution is -2.30. The number of carboxylic acid groups (broad SMARTS) is 1. The molecule has 0 amide bonds. The van der Waals surface area contributed by atoms with E-state index in [4.69, 9.17) is 24.1 Å². The molecule has 0 aliphatic heterocycles. The number of carboxylic acids is 1. The van der Waals surface area contributed by atoms with Crippen molar-refractivity contribution in [2.75, 3.05) is 20.3 Å². The molecule has 0 aliphatic rings. The summed E-state index contributed by atoms with van der Waals surface area (Å²) in [7, 11) is 1.52. The summed E-state index contributed by atoms with van der Waals surface area (Å²) < 4.78 is 22.0.